The highest BCUT2D eigenvalue weighted by atomic mass is 35.5. The highest BCUT2D eigenvalue weighted by Gasteiger charge is 2.35. The second kappa shape index (κ2) is 7.52. The minimum atomic E-state index is -0.918. The van der Waals surface area contributed by atoms with Crippen molar-refractivity contribution in [3.8, 4) is 0 Å². The van der Waals surface area contributed by atoms with Crippen LogP contribution >= 0.6 is 23.2 Å². The molecule has 0 aliphatic carbocycles. The number of carbonyl (C=O) groups excluding carboxylic acids is 3. The van der Waals surface area contributed by atoms with E-state index in [1.165, 1.54) is 18.1 Å². The van der Waals surface area contributed by atoms with E-state index < -0.39 is 23.9 Å². The first kappa shape index (κ1) is 17.4. The molecule has 2 rings (SSSR count). The lowest BCUT2D eigenvalue weighted by Crippen LogP contribution is -2.58. The first-order chi connectivity index (χ1) is 10.9. The van der Waals surface area contributed by atoms with Crippen molar-refractivity contribution < 1.29 is 19.1 Å². The lowest BCUT2D eigenvalue weighted by molar-refractivity contribution is -0.145. The van der Waals surface area contributed by atoms with Crippen molar-refractivity contribution in [2.75, 3.05) is 25.5 Å². The molecule has 3 amide bonds. The van der Waals surface area contributed by atoms with Crippen LogP contribution in [0.3, 0.4) is 0 Å². The monoisotopic (exact) mass is 359 g/mol. The Morgan fingerprint density at radius 2 is 2.13 bits per heavy atom. The van der Waals surface area contributed by atoms with Gasteiger partial charge < -0.3 is 20.3 Å². The third-order valence-corrected chi connectivity index (χ3v) is 4.09. The Labute approximate surface area is 142 Å². The van der Waals surface area contributed by atoms with Gasteiger partial charge in [0.05, 0.1) is 23.6 Å². The Hall–Kier alpha value is -1.99. The number of hydrogen-bond acceptors (Lipinski definition) is 4. The molecule has 1 saturated heterocycles. The number of halogens is 2. The molecule has 9 heteroatoms. The molecule has 1 aromatic carbocycles. The summed E-state index contributed by atoms with van der Waals surface area (Å²) in [6.45, 7) is 0.589. The van der Waals surface area contributed by atoms with Crippen LogP contribution in [0.1, 0.15) is 6.42 Å². The van der Waals surface area contributed by atoms with Gasteiger partial charge in [0.25, 0.3) is 0 Å². The number of hydrogen-bond donors (Lipinski definition) is 2. The van der Waals surface area contributed by atoms with Crippen LogP contribution in [0.5, 0.6) is 0 Å². The van der Waals surface area contributed by atoms with Crippen molar-refractivity contribution in [2.45, 2.75) is 12.5 Å². The number of carbonyl (C=O) groups is 3. The third-order valence-electron chi connectivity index (χ3n) is 3.35. The largest absolute Gasteiger partial charge is 0.469 e. The number of anilines is 1. The zero-order valence-corrected chi connectivity index (χ0v) is 13.8. The van der Waals surface area contributed by atoms with Gasteiger partial charge in [0, 0.05) is 18.8 Å². The summed E-state index contributed by atoms with van der Waals surface area (Å²) < 4.78 is 4.57. The lowest BCUT2D eigenvalue weighted by atomic mass is 10.1. The molecule has 1 heterocycles. The highest BCUT2D eigenvalue weighted by Crippen LogP contribution is 2.25. The molecule has 124 valence electrons. The van der Waals surface area contributed by atoms with Gasteiger partial charge in [-0.05, 0) is 18.2 Å². The molecule has 1 aromatic rings. The number of urea groups is 1. The number of amides is 3. The number of piperazine rings is 1. The second-order valence-corrected chi connectivity index (χ2v) is 5.65. The first-order valence-electron chi connectivity index (χ1n) is 6.79. The van der Waals surface area contributed by atoms with Gasteiger partial charge in [0.2, 0.25) is 5.91 Å². The van der Waals surface area contributed by atoms with Crippen LogP contribution in [0, 0.1) is 0 Å². The van der Waals surface area contributed by atoms with Gasteiger partial charge in [-0.15, -0.1) is 0 Å². The number of esters is 1. The summed E-state index contributed by atoms with van der Waals surface area (Å²) in [5, 5.41) is 5.92. The van der Waals surface area contributed by atoms with E-state index >= 15 is 0 Å². The maximum Gasteiger partial charge on any atom is 0.322 e. The van der Waals surface area contributed by atoms with Crippen molar-refractivity contribution in [1.82, 2.24) is 10.2 Å². The molecule has 1 fully saturated rings. The predicted molar refractivity (Wildman–Crippen MR) is 85.6 cm³/mol. The normalized spacial score (nSPS) is 17.4. The van der Waals surface area contributed by atoms with Gasteiger partial charge in [-0.1, -0.05) is 23.2 Å². The molecule has 0 bridgehead atoms. The molecule has 0 unspecified atom stereocenters. The topological polar surface area (TPSA) is 87.7 Å². The number of rotatable bonds is 3. The number of nitrogens with zero attached hydrogens (tertiary/aromatic N) is 1. The Bertz CT molecular complexity index is 638. The van der Waals surface area contributed by atoms with Crippen LogP contribution < -0.4 is 10.6 Å². The number of ether oxygens (including phenoxy) is 1. The van der Waals surface area contributed by atoms with Gasteiger partial charge in [-0.25, -0.2) is 4.79 Å². The SMILES string of the molecule is COC(=O)C[C@@H]1C(=O)NCCN1C(=O)Nc1ccc(Cl)c(Cl)c1. The molecule has 1 aliphatic rings. The quantitative estimate of drug-likeness (QED) is 0.806. The van der Waals surface area contributed by atoms with Gasteiger partial charge in [0.15, 0.2) is 0 Å². The molecule has 0 aromatic heterocycles. The minimum absolute atomic E-state index is 0.211. The van der Waals surface area contributed by atoms with Crippen molar-refractivity contribution in [2.24, 2.45) is 0 Å². The van der Waals surface area contributed by atoms with Crippen LogP contribution in [0.2, 0.25) is 10.0 Å². The minimum Gasteiger partial charge on any atom is -0.469 e. The molecular formula is C14H15Cl2N3O4. The van der Waals surface area contributed by atoms with Crippen LogP contribution in [-0.2, 0) is 14.3 Å². The van der Waals surface area contributed by atoms with Crippen LogP contribution in [-0.4, -0.2) is 49.0 Å². The summed E-state index contributed by atoms with van der Waals surface area (Å²) in [6, 6.07) is 3.21. The number of nitrogens with one attached hydrogen (secondary N) is 2. The summed E-state index contributed by atoms with van der Waals surface area (Å²) >= 11 is 11.7. The molecular weight excluding hydrogens is 345 g/mol. The predicted octanol–water partition coefficient (Wildman–Crippen LogP) is 1.89. The van der Waals surface area contributed by atoms with Crippen molar-refractivity contribution in [3.05, 3.63) is 28.2 Å². The zero-order valence-electron chi connectivity index (χ0n) is 12.3. The Balaban J connectivity index is 2.12. The fourth-order valence-electron chi connectivity index (χ4n) is 2.17. The second-order valence-electron chi connectivity index (χ2n) is 4.84. The Morgan fingerprint density at radius 1 is 1.39 bits per heavy atom. The van der Waals surface area contributed by atoms with Crippen LogP contribution in [0.25, 0.3) is 0 Å². The summed E-state index contributed by atoms with van der Waals surface area (Å²) in [6.07, 6.45) is -0.211. The van der Waals surface area contributed by atoms with Gasteiger partial charge in [0.1, 0.15) is 6.04 Å². The summed E-state index contributed by atoms with van der Waals surface area (Å²) in [7, 11) is 1.23. The van der Waals surface area contributed by atoms with E-state index in [4.69, 9.17) is 23.2 Å². The molecule has 23 heavy (non-hydrogen) atoms. The first-order valence-corrected chi connectivity index (χ1v) is 7.55. The summed E-state index contributed by atoms with van der Waals surface area (Å²) in [5.41, 5.74) is 0.437. The average Bonchev–Trinajstić information content (AvgIpc) is 2.52. The smallest absolute Gasteiger partial charge is 0.322 e. The molecule has 2 N–H and O–H groups in total. The van der Waals surface area contributed by atoms with E-state index in [2.05, 4.69) is 15.4 Å². The molecule has 1 aliphatic heterocycles. The van der Waals surface area contributed by atoms with E-state index in [-0.39, 0.29) is 13.0 Å². The maximum atomic E-state index is 12.4. The summed E-state index contributed by atoms with van der Waals surface area (Å²) in [4.78, 5) is 37.1. The Kier molecular flexibility index (Phi) is 5.68. The van der Waals surface area contributed by atoms with E-state index in [9.17, 15) is 14.4 Å². The fraction of sp³-hybridized carbons (Fsp3) is 0.357. The average molecular weight is 360 g/mol. The van der Waals surface area contributed by atoms with Gasteiger partial charge >= 0.3 is 12.0 Å². The Morgan fingerprint density at radius 3 is 2.78 bits per heavy atom. The van der Waals surface area contributed by atoms with Gasteiger partial charge in [-0.3, -0.25) is 9.59 Å². The van der Waals surface area contributed by atoms with Gasteiger partial charge in [-0.2, -0.15) is 0 Å². The van der Waals surface area contributed by atoms with Crippen LogP contribution in [0.4, 0.5) is 10.5 Å². The summed E-state index contributed by atoms with van der Waals surface area (Å²) in [5.74, 6) is -0.967. The van der Waals surface area contributed by atoms with Crippen molar-refractivity contribution in [3.63, 3.8) is 0 Å². The third kappa shape index (κ3) is 4.27. The zero-order chi connectivity index (χ0) is 17.0. The highest BCUT2D eigenvalue weighted by molar-refractivity contribution is 6.42. The lowest BCUT2D eigenvalue weighted by Gasteiger charge is -2.34. The molecule has 1 atom stereocenters. The standard InChI is InChI=1S/C14H15Cl2N3O4/c1-23-12(20)7-11-13(21)17-4-5-19(11)14(22)18-8-2-3-9(15)10(16)6-8/h2-3,6,11H,4-5,7H2,1H3,(H,17,21)(H,18,22)/t11-/m1/s1. The van der Waals surface area contributed by atoms with E-state index in [0.29, 0.717) is 22.3 Å². The molecule has 0 spiro atoms. The maximum absolute atomic E-state index is 12.4. The van der Waals surface area contributed by atoms with E-state index in [1.807, 2.05) is 0 Å². The molecule has 0 saturated carbocycles. The van der Waals surface area contributed by atoms with Crippen molar-refractivity contribution in [1.29, 1.82) is 0 Å². The molecule has 7 nitrogen and oxygen atoms in total. The number of methoxy groups -OCH3 is 1. The van der Waals surface area contributed by atoms with E-state index in [1.54, 1.807) is 12.1 Å². The van der Waals surface area contributed by atoms with E-state index in [0.717, 1.165) is 0 Å². The molecule has 0 radical (unpaired) electrons. The fourth-order valence-corrected chi connectivity index (χ4v) is 2.47. The van der Waals surface area contributed by atoms with Crippen molar-refractivity contribution >= 4 is 46.8 Å². The number of benzene rings is 1. The van der Waals surface area contributed by atoms with Crippen LogP contribution in [0.15, 0.2) is 18.2 Å².